The number of amides is 2. The van der Waals surface area contributed by atoms with Gasteiger partial charge in [-0.15, -0.1) is 0 Å². The van der Waals surface area contributed by atoms with Crippen LogP contribution in [0.1, 0.15) is 49.8 Å². The standard InChI is InChI=1S/C24H26F2N4O2/c1-29-18-8-11-30(12-16(18)20-19(29)7-6-17(25)21(20)26)23(32)15-5-3-2-4-14(15)22(31)28-24(13-27)9-10-24/h6-7,14-15H,2-5,8-12H2,1H3,(H,28,31)/t14-,15-/m1/s1. The molecule has 0 spiro atoms. The molecule has 6 nitrogen and oxygen atoms in total. The second kappa shape index (κ2) is 7.58. The lowest BCUT2D eigenvalue weighted by atomic mass is 9.77. The van der Waals surface area contributed by atoms with Gasteiger partial charge in [-0.05, 0) is 37.8 Å². The Morgan fingerprint density at radius 2 is 1.91 bits per heavy atom. The number of nitrogens with zero attached hydrogens (tertiary/aromatic N) is 3. The monoisotopic (exact) mass is 440 g/mol. The van der Waals surface area contributed by atoms with Crippen LogP contribution in [-0.2, 0) is 29.6 Å². The molecule has 0 saturated heterocycles. The van der Waals surface area contributed by atoms with E-state index in [4.69, 9.17) is 0 Å². The van der Waals surface area contributed by atoms with Gasteiger partial charge >= 0.3 is 0 Å². The zero-order chi connectivity index (χ0) is 22.6. The van der Waals surface area contributed by atoms with E-state index in [1.165, 1.54) is 0 Å². The van der Waals surface area contributed by atoms with E-state index in [1.807, 2.05) is 11.6 Å². The molecule has 32 heavy (non-hydrogen) atoms. The lowest BCUT2D eigenvalue weighted by Gasteiger charge is -2.36. The quantitative estimate of drug-likeness (QED) is 0.795. The van der Waals surface area contributed by atoms with E-state index in [9.17, 15) is 23.6 Å². The number of carbonyl (C=O) groups excluding carboxylic acids is 2. The van der Waals surface area contributed by atoms with Gasteiger partial charge in [-0.25, -0.2) is 8.78 Å². The summed E-state index contributed by atoms with van der Waals surface area (Å²) in [6.45, 7) is 0.686. The van der Waals surface area contributed by atoms with Crippen LogP contribution in [0.3, 0.4) is 0 Å². The number of halogens is 2. The summed E-state index contributed by atoms with van der Waals surface area (Å²) in [6, 6.07) is 4.88. The molecule has 0 radical (unpaired) electrons. The van der Waals surface area contributed by atoms with Gasteiger partial charge in [-0.1, -0.05) is 12.8 Å². The molecule has 2 amide bonds. The average molecular weight is 440 g/mol. The molecular weight excluding hydrogens is 414 g/mol. The highest BCUT2D eigenvalue weighted by Crippen LogP contribution is 2.39. The van der Waals surface area contributed by atoms with Crippen molar-refractivity contribution >= 4 is 22.7 Å². The second-order valence-corrected chi connectivity index (χ2v) is 9.43. The molecule has 1 N–H and O–H groups in total. The Morgan fingerprint density at radius 1 is 1.19 bits per heavy atom. The molecule has 2 aromatic rings. The van der Waals surface area contributed by atoms with Gasteiger partial charge in [0.2, 0.25) is 11.8 Å². The first-order chi connectivity index (χ1) is 15.3. The summed E-state index contributed by atoms with van der Waals surface area (Å²) in [7, 11) is 1.83. The fraction of sp³-hybridized carbons (Fsp3) is 0.542. The highest BCUT2D eigenvalue weighted by molar-refractivity contribution is 5.90. The van der Waals surface area contributed by atoms with Crippen LogP contribution in [0.4, 0.5) is 8.78 Å². The highest BCUT2D eigenvalue weighted by Gasteiger charge is 2.47. The molecule has 2 aliphatic carbocycles. The topological polar surface area (TPSA) is 78.1 Å². The lowest BCUT2D eigenvalue weighted by Crippen LogP contribution is -2.48. The molecule has 8 heteroatoms. The Balaban J connectivity index is 1.40. The van der Waals surface area contributed by atoms with Gasteiger partial charge in [0, 0.05) is 55.0 Å². The highest BCUT2D eigenvalue weighted by atomic mass is 19.2. The van der Waals surface area contributed by atoms with Crippen LogP contribution in [0.2, 0.25) is 0 Å². The van der Waals surface area contributed by atoms with E-state index in [0.717, 1.165) is 24.6 Å². The van der Waals surface area contributed by atoms with Gasteiger partial charge in [0.25, 0.3) is 0 Å². The van der Waals surface area contributed by atoms with Gasteiger partial charge in [-0.3, -0.25) is 9.59 Å². The minimum atomic E-state index is -0.898. The van der Waals surface area contributed by atoms with Crippen LogP contribution in [-0.4, -0.2) is 33.4 Å². The smallest absolute Gasteiger partial charge is 0.226 e. The number of carbonyl (C=O) groups is 2. The molecule has 1 aromatic heterocycles. The number of benzene rings is 1. The Kier molecular flexibility index (Phi) is 4.95. The van der Waals surface area contributed by atoms with Gasteiger partial charge in [-0.2, -0.15) is 5.26 Å². The van der Waals surface area contributed by atoms with Crippen molar-refractivity contribution in [1.29, 1.82) is 5.26 Å². The lowest BCUT2D eigenvalue weighted by molar-refractivity contribution is -0.144. The number of rotatable bonds is 3. The molecule has 2 atom stereocenters. The molecular formula is C24H26F2N4O2. The number of aromatic nitrogens is 1. The van der Waals surface area contributed by atoms with E-state index >= 15 is 0 Å². The predicted molar refractivity (Wildman–Crippen MR) is 113 cm³/mol. The molecule has 0 unspecified atom stereocenters. The number of nitrogens with one attached hydrogen (secondary N) is 1. The van der Waals surface area contributed by atoms with E-state index in [2.05, 4.69) is 11.4 Å². The summed E-state index contributed by atoms with van der Waals surface area (Å²) in [4.78, 5) is 28.2. The summed E-state index contributed by atoms with van der Waals surface area (Å²) in [6.07, 6.45) is 4.84. The summed E-state index contributed by atoms with van der Waals surface area (Å²) >= 11 is 0. The summed E-state index contributed by atoms with van der Waals surface area (Å²) in [5, 5.41) is 12.4. The van der Waals surface area contributed by atoms with Gasteiger partial charge in [0.1, 0.15) is 5.54 Å². The van der Waals surface area contributed by atoms with Gasteiger partial charge < -0.3 is 14.8 Å². The first-order valence-electron chi connectivity index (χ1n) is 11.3. The second-order valence-electron chi connectivity index (χ2n) is 9.43. The zero-order valence-electron chi connectivity index (χ0n) is 18.1. The van der Waals surface area contributed by atoms with Crippen molar-refractivity contribution < 1.29 is 18.4 Å². The van der Waals surface area contributed by atoms with Crippen molar-refractivity contribution in [1.82, 2.24) is 14.8 Å². The van der Waals surface area contributed by atoms with Crippen LogP contribution >= 0.6 is 0 Å². The third-order valence-electron chi connectivity index (χ3n) is 7.51. The number of nitriles is 1. The number of aryl methyl sites for hydroxylation is 1. The molecule has 2 saturated carbocycles. The third kappa shape index (κ3) is 3.26. The Labute approximate surface area is 185 Å². The van der Waals surface area contributed by atoms with Crippen molar-refractivity contribution in [2.24, 2.45) is 18.9 Å². The summed E-state index contributed by atoms with van der Waals surface area (Å²) < 4.78 is 30.5. The minimum absolute atomic E-state index is 0.105. The third-order valence-corrected chi connectivity index (χ3v) is 7.51. The van der Waals surface area contributed by atoms with Crippen molar-refractivity contribution in [2.75, 3.05) is 6.54 Å². The van der Waals surface area contributed by atoms with E-state index in [-0.39, 0.29) is 23.7 Å². The molecule has 1 aromatic carbocycles. The van der Waals surface area contributed by atoms with Gasteiger partial charge in [0.15, 0.2) is 11.6 Å². The maximum Gasteiger partial charge on any atom is 0.226 e. The summed E-state index contributed by atoms with van der Waals surface area (Å²) in [5.74, 6) is -3.00. The maximum atomic E-state index is 14.7. The number of hydrogen-bond acceptors (Lipinski definition) is 3. The Bertz CT molecular complexity index is 1160. The average Bonchev–Trinajstić information content (AvgIpc) is 3.53. The van der Waals surface area contributed by atoms with Crippen LogP contribution < -0.4 is 5.32 Å². The largest absolute Gasteiger partial charge is 0.347 e. The first-order valence-corrected chi connectivity index (χ1v) is 11.3. The van der Waals surface area contributed by atoms with Crippen molar-refractivity contribution in [3.05, 3.63) is 35.0 Å². The molecule has 168 valence electrons. The van der Waals surface area contributed by atoms with E-state index in [0.29, 0.717) is 49.7 Å². The first kappa shape index (κ1) is 20.9. The van der Waals surface area contributed by atoms with E-state index < -0.39 is 29.0 Å². The van der Waals surface area contributed by atoms with Gasteiger partial charge in [0.05, 0.1) is 11.6 Å². The Hall–Kier alpha value is -2.95. The molecule has 2 fully saturated rings. The van der Waals surface area contributed by atoms with Crippen LogP contribution in [0.5, 0.6) is 0 Å². The fourth-order valence-corrected chi connectivity index (χ4v) is 5.48. The number of fused-ring (bicyclic) bond motifs is 3. The molecule has 5 rings (SSSR count). The fourth-order valence-electron chi connectivity index (χ4n) is 5.48. The van der Waals surface area contributed by atoms with Crippen LogP contribution in [0.25, 0.3) is 10.9 Å². The molecule has 3 aliphatic rings. The summed E-state index contributed by atoms with van der Waals surface area (Å²) in [5.41, 5.74) is 1.42. The van der Waals surface area contributed by atoms with Crippen molar-refractivity contribution in [3.8, 4) is 6.07 Å². The van der Waals surface area contributed by atoms with E-state index in [1.54, 1.807) is 11.0 Å². The SMILES string of the molecule is Cn1c2c(c3c(F)c(F)ccc31)CN(C(=O)[C@@H]1CCCC[C@H]1C(=O)NC1(C#N)CC1)CC2. The zero-order valence-corrected chi connectivity index (χ0v) is 18.1. The van der Waals surface area contributed by atoms with Crippen LogP contribution in [0, 0.1) is 34.8 Å². The molecule has 2 heterocycles. The predicted octanol–water partition coefficient (Wildman–Crippen LogP) is 3.32. The molecule has 0 bridgehead atoms. The normalized spacial score (nSPS) is 24.0. The molecule has 1 aliphatic heterocycles. The van der Waals surface area contributed by atoms with Crippen LogP contribution in [0.15, 0.2) is 12.1 Å². The van der Waals surface area contributed by atoms with Crippen molar-refractivity contribution in [2.45, 2.75) is 57.0 Å². The van der Waals surface area contributed by atoms with Crippen molar-refractivity contribution in [3.63, 3.8) is 0 Å². The maximum absolute atomic E-state index is 14.7. The Morgan fingerprint density at radius 3 is 2.59 bits per heavy atom. The minimum Gasteiger partial charge on any atom is -0.347 e. The number of hydrogen-bond donors (Lipinski definition) is 1.